The number of piperidine rings is 1. The number of nitrogens with zero attached hydrogens (tertiary/aromatic N) is 1. The topological polar surface area (TPSA) is 52.6 Å². The lowest BCUT2D eigenvalue weighted by molar-refractivity contribution is 0.0792. The number of rotatable bonds is 5. The van der Waals surface area contributed by atoms with Crippen molar-refractivity contribution in [3.05, 3.63) is 69.4 Å². The molecule has 0 unspecified atom stereocenters. The zero-order chi connectivity index (χ0) is 18.5. The van der Waals surface area contributed by atoms with E-state index < -0.39 is 0 Å². The summed E-state index contributed by atoms with van der Waals surface area (Å²) in [7, 11) is 0. The third-order valence-electron chi connectivity index (χ3n) is 4.62. The van der Waals surface area contributed by atoms with Crippen LogP contribution in [-0.4, -0.2) is 35.1 Å². The van der Waals surface area contributed by atoms with Crippen LogP contribution in [0.3, 0.4) is 0 Å². The molecule has 4 nitrogen and oxygen atoms in total. The molecule has 0 atom stereocenters. The quantitative estimate of drug-likeness (QED) is 0.778. The SMILES string of the molecule is O=C(NCc1ccc(CN2CCC(O)CC2)cc1)c1ccc(F)cc1Br. The first kappa shape index (κ1) is 19.0. The molecule has 1 fully saturated rings. The summed E-state index contributed by atoms with van der Waals surface area (Å²) in [4.78, 5) is 14.6. The van der Waals surface area contributed by atoms with Gasteiger partial charge < -0.3 is 10.4 Å². The fourth-order valence-corrected chi connectivity index (χ4v) is 3.58. The van der Waals surface area contributed by atoms with Crippen LogP contribution in [0.1, 0.15) is 34.3 Å². The second-order valence-corrected chi connectivity index (χ2v) is 7.49. The van der Waals surface area contributed by atoms with Gasteiger partial charge in [-0.3, -0.25) is 9.69 Å². The van der Waals surface area contributed by atoms with Gasteiger partial charge in [-0.2, -0.15) is 0 Å². The maximum absolute atomic E-state index is 13.1. The Morgan fingerprint density at radius 2 is 1.81 bits per heavy atom. The lowest BCUT2D eigenvalue weighted by Crippen LogP contribution is -2.35. The lowest BCUT2D eigenvalue weighted by atomic mass is 10.1. The van der Waals surface area contributed by atoms with E-state index in [-0.39, 0.29) is 17.8 Å². The van der Waals surface area contributed by atoms with Crippen molar-refractivity contribution in [2.24, 2.45) is 0 Å². The standard InChI is InChI=1S/C20H22BrFN2O2/c21-19-11-16(22)5-6-18(19)20(26)23-12-14-1-3-15(4-2-14)13-24-9-7-17(25)8-10-24/h1-6,11,17,25H,7-10,12-13H2,(H,23,26). The fraction of sp³-hybridized carbons (Fsp3) is 0.350. The number of carbonyl (C=O) groups is 1. The number of carbonyl (C=O) groups excluding carboxylic acids is 1. The van der Waals surface area contributed by atoms with Gasteiger partial charge in [-0.25, -0.2) is 4.39 Å². The molecule has 2 N–H and O–H groups in total. The van der Waals surface area contributed by atoms with Crippen molar-refractivity contribution in [3.8, 4) is 0 Å². The van der Waals surface area contributed by atoms with E-state index in [4.69, 9.17) is 0 Å². The molecule has 0 aromatic heterocycles. The normalized spacial score (nSPS) is 15.8. The molecule has 0 saturated carbocycles. The predicted octanol–water partition coefficient (Wildman–Crippen LogP) is 3.47. The third kappa shape index (κ3) is 5.13. The van der Waals surface area contributed by atoms with E-state index in [1.54, 1.807) is 0 Å². The van der Waals surface area contributed by atoms with Gasteiger partial charge in [0.15, 0.2) is 0 Å². The Hall–Kier alpha value is -1.76. The van der Waals surface area contributed by atoms with E-state index in [1.165, 1.54) is 23.8 Å². The molecule has 3 rings (SSSR count). The average Bonchev–Trinajstić information content (AvgIpc) is 2.63. The molecule has 6 heteroatoms. The van der Waals surface area contributed by atoms with Crippen molar-refractivity contribution in [3.63, 3.8) is 0 Å². The van der Waals surface area contributed by atoms with Crippen molar-refractivity contribution in [1.29, 1.82) is 0 Å². The van der Waals surface area contributed by atoms with E-state index in [0.717, 1.165) is 38.0 Å². The van der Waals surface area contributed by atoms with Crippen LogP contribution in [-0.2, 0) is 13.1 Å². The van der Waals surface area contributed by atoms with E-state index in [9.17, 15) is 14.3 Å². The van der Waals surface area contributed by atoms with Gasteiger partial charge in [0, 0.05) is 30.7 Å². The zero-order valence-electron chi connectivity index (χ0n) is 14.4. The Kier molecular flexibility index (Phi) is 6.40. The summed E-state index contributed by atoms with van der Waals surface area (Å²) in [5, 5.41) is 12.4. The minimum atomic E-state index is -0.382. The zero-order valence-corrected chi connectivity index (χ0v) is 16.0. The second-order valence-electron chi connectivity index (χ2n) is 6.63. The molecule has 1 amide bonds. The molecular formula is C20H22BrFN2O2. The molecule has 1 saturated heterocycles. The molecule has 138 valence electrons. The molecule has 1 aliphatic rings. The number of benzene rings is 2. The van der Waals surface area contributed by atoms with Crippen molar-refractivity contribution in [2.45, 2.75) is 32.0 Å². The fourth-order valence-electron chi connectivity index (χ4n) is 3.05. The summed E-state index contributed by atoms with van der Waals surface area (Å²) in [5.41, 5.74) is 2.64. The van der Waals surface area contributed by atoms with Gasteiger partial charge in [-0.05, 0) is 58.1 Å². The second kappa shape index (κ2) is 8.75. The van der Waals surface area contributed by atoms with Gasteiger partial charge in [0.1, 0.15) is 5.82 Å². The Balaban J connectivity index is 1.52. The number of likely N-dealkylation sites (tertiary alicyclic amines) is 1. The number of amides is 1. The van der Waals surface area contributed by atoms with Crippen LogP contribution in [0.5, 0.6) is 0 Å². The Morgan fingerprint density at radius 1 is 1.15 bits per heavy atom. The smallest absolute Gasteiger partial charge is 0.252 e. The highest BCUT2D eigenvalue weighted by Crippen LogP contribution is 2.18. The number of aliphatic hydroxyl groups is 1. The highest BCUT2D eigenvalue weighted by atomic mass is 79.9. The summed E-state index contributed by atoms with van der Waals surface area (Å²) in [6.07, 6.45) is 1.52. The minimum Gasteiger partial charge on any atom is -0.393 e. The molecular weight excluding hydrogens is 399 g/mol. The molecule has 0 bridgehead atoms. The molecule has 26 heavy (non-hydrogen) atoms. The summed E-state index contributed by atoms with van der Waals surface area (Å²) in [5.74, 6) is -0.625. The minimum absolute atomic E-state index is 0.154. The molecule has 0 spiro atoms. The summed E-state index contributed by atoms with van der Waals surface area (Å²) in [6.45, 7) is 3.14. The molecule has 0 aliphatic carbocycles. The first-order valence-electron chi connectivity index (χ1n) is 8.73. The highest BCUT2D eigenvalue weighted by molar-refractivity contribution is 9.10. The first-order valence-corrected chi connectivity index (χ1v) is 9.52. The Morgan fingerprint density at radius 3 is 2.46 bits per heavy atom. The van der Waals surface area contributed by atoms with Gasteiger partial charge in [-0.1, -0.05) is 24.3 Å². The van der Waals surface area contributed by atoms with E-state index in [1.807, 2.05) is 12.1 Å². The number of nitrogens with one attached hydrogen (secondary N) is 1. The van der Waals surface area contributed by atoms with E-state index in [0.29, 0.717) is 16.6 Å². The van der Waals surface area contributed by atoms with Crippen LogP contribution in [0, 0.1) is 5.82 Å². The third-order valence-corrected chi connectivity index (χ3v) is 5.27. The van der Waals surface area contributed by atoms with Gasteiger partial charge in [0.25, 0.3) is 5.91 Å². The van der Waals surface area contributed by atoms with Gasteiger partial charge in [0.2, 0.25) is 0 Å². The number of halogens is 2. The Bertz CT molecular complexity index is 759. The summed E-state index contributed by atoms with van der Waals surface area (Å²) < 4.78 is 13.6. The van der Waals surface area contributed by atoms with E-state index >= 15 is 0 Å². The average molecular weight is 421 g/mol. The van der Waals surface area contributed by atoms with Crippen LogP contribution >= 0.6 is 15.9 Å². The van der Waals surface area contributed by atoms with Crippen molar-refractivity contribution < 1.29 is 14.3 Å². The predicted molar refractivity (Wildman–Crippen MR) is 102 cm³/mol. The summed E-state index contributed by atoms with van der Waals surface area (Å²) >= 11 is 3.21. The lowest BCUT2D eigenvalue weighted by Gasteiger charge is -2.29. The maximum atomic E-state index is 13.1. The molecule has 0 radical (unpaired) electrons. The van der Waals surface area contributed by atoms with Crippen LogP contribution in [0.15, 0.2) is 46.9 Å². The maximum Gasteiger partial charge on any atom is 0.252 e. The number of aliphatic hydroxyl groups excluding tert-OH is 1. The van der Waals surface area contributed by atoms with Gasteiger partial charge in [-0.15, -0.1) is 0 Å². The van der Waals surface area contributed by atoms with Gasteiger partial charge in [0.05, 0.1) is 11.7 Å². The van der Waals surface area contributed by atoms with Crippen LogP contribution in [0.2, 0.25) is 0 Å². The number of hydrogen-bond donors (Lipinski definition) is 2. The highest BCUT2D eigenvalue weighted by Gasteiger charge is 2.16. The van der Waals surface area contributed by atoms with Crippen LogP contribution in [0.4, 0.5) is 4.39 Å². The monoisotopic (exact) mass is 420 g/mol. The Labute approximate surface area is 161 Å². The van der Waals surface area contributed by atoms with Crippen molar-refractivity contribution >= 4 is 21.8 Å². The van der Waals surface area contributed by atoms with Crippen LogP contribution < -0.4 is 5.32 Å². The van der Waals surface area contributed by atoms with Crippen molar-refractivity contribution in [2.75, 3.05) is 13.1 Å². The number of hydrogen-bond acceptors (Lipinski definition) is 3. The largest absolute Gasteiger partial charge is 0.393 e. The molecule has 2 aromatic rings. The van der Waals surface area contributed by atoms with Gasteiger partial charge >= 0.3 is 0 Å². The van der Waals surface area contributed by atoms with Crippen LogP contribution in [0.25, 0.3) is 0 Å². The van der Waals surface area contributed by atoms with E-state index in [2.05, 4.69) is 38.3 Å². The first-order chi connectivity index (χ1) is 12.5. The molecule has 1 aliphatic heterocycles. The molecule has 1 heterocycles. The molecule has 2 aromatic carbocycles. The van der Waals surface area contributed by atoms with Crippen molar-refractivity contribution in [1.82, 2.24) is 10.2 Å². The summed E-state index contributed by atoms with van der Waals surface area (Å²) in [6, 6.07) is 12.2.